The van der Waals surface area contributed by atoms with Gasteiger partial charge in [0.05, 0.1) is 12.5 Å². The number of nitrogens with one attached hydrogen (secondary N) is 3. The normalized spacial score (nSPS) is 18.7. The summed E-state index contributed by atoms with van der Waals surface area (Å²) in [4.78, 5) is 66.0. The zero-order valence-electron chi connectivity index (χ0n) is 25.4. The fraction of sp³-hybridized carbons (Fsp3) is 0.485. The minimum absolute atomic E-state index is 0.0627. The second-order valence-electron chi connectivity index (χ2n) is 11.7. The molecule has 5 amide bonds. The number of amides is 5. The van der Waals surface area contributed by atoms with E-state index in [0.29, 0.717) is 19.4 Å². The third-order valence-corrected chi connectivity index (χ3v) is 8.28. The maximum atomic E-state index is 13.7. The third kappa shape index (κ3) is 10.0. The number of hydrogen-bond donors (Lipinski definition) is 5. The van der Waals surface area contributed by atoms with Crippen molar-refractivity contribution < 1.29 is 33.8 Å². The van der Waals surface area contributed by atoms with Crippen LogP contribution in [0.3, 0.4) is 0 Å². The molecule has 0 aromatic heterocycles. The van der Waals surface area contributed by atoms with E-state index in [0.717, 1.165) is 43.2 Å². The first kappa shape index (κ1) is 33.4. The van der Waals surface area contributed by atoms with Gasteiger partial charge in [0.2, 0.25) is 17.7 Å². The van der Waals surface area contributed by atoms with E-state index in [-0.39, 0.29) is 25.0 Å². The number of carbonyl (C=O) groups is 5. The summed E-state index contributed by atoms with van der Waals surface area (Å²) in [6.07, 6.45) is 3.00. The van der Waals surface area contributed by atoms with Crippen LogP contribution in [0, 0.1) is 0 Å². The number of rotatable bonds is 13. The topological polar surface area (TPSA) is 180 Å². The first-order chi connectivity index (χ1) is 21.7. The Morgan fingerprint density at radius 1 is 0.867 bits per heavy atom. The number of aliphatic hydroxyl groups is 1. The number of ether oxygens (including phenoxy) is 1. The van der Waals surface area contributed by atoms with Gasteiger partial charge in [-0.15, -0.1) is 0 Å². The number of benzene rings is 2. The number of hydrogen-bond acceptors (Lipinski definition) is 7. The number of primary amides is 1. The summed E-state index contributed by atoms with van der Waals surface area (Å²) in [7, 11) is 0. The molecule has 2 aromatic carbocycles. The Kier molecular flexibility index (Phi) is 12.3. The van der Waals surface area contributed by atoms with Crippen LogP contribution in [0.4, 0.5) is 4.79 Å². The molecule has 1 aliphatic carbocycles. The molecule has 0 bridgehead atoms. The molecule has 12 heteroatoms. The van der Waals surface area contributed by atoms with E-state index in [1.165, 1.54) is 4.90 Å². The molecule has 2 aliphatic rings. The van der Waals surface area contributed by atoms with Gasteiger partial charge in [0.1, 0.15) is 18.7 Å². The lowest BCUT2D eigenvalue weighted by Crippen LogP contribution is -2.59. The SMILES string of the molecule is NC(=O)C[C@H](NC(=O)OCc1ccccc1)C(=O)N[C@@H](Cc1ccccc1)[C@H](O)C(=O)N1CCC[C@H]1C(=O)NC1CCCCC1. The third-order valence-electron chi connectivity index (χ3n) is 8.28. The van der Waals surface area contributed by atoms with Crippen LogP contribution >= 0.6 is 0 Å². The Morgan fingerprint density at radius 3 is 2.16 bits per heavy atom. The summed E-state index contributed by atoms with van der Waals surface area (Å²) in [6, 6.07) is 14.7. The van der Waals surface area contributed by atoms with Gasteiger partial charge in [0.15, 0.2) is 6.10 Å². The van der Waals surface area contributed by atoms with Gasteiger partial charge >= 0.3 is 6.09 Å². The van der Waals surface area contributed by atoms with Gasteiger partial charge < -0.3 is 36.4 Å². The summed E-state index contributed by atoms with van der Waals surface area (Å²) in [5, 5.41) is 19.5. The smallest absolute Gasteiger partial charge is 0.408 e. The first-order valence-electron chi connectivity index (χ1n) is 15.6. The molecule has 2 aromatic rings. The number of aliphatic hydroxyl groups excluding tert-OH is 1. The number of likely N-dealkylation sites (tertiary alicyclic amines) is 1. The minimum Gasteiger partial charge on any atom is -0.445 e. The van der Waals surface area contributed by atoms with E-state index < -0.39 is 54.5 Å². The monoisotopic (exact) mass is 621 g/mol. The van der Waals surface area contributed by atoms with Crippen LogP contribution in [-0.4, -0.2) is 76.5 Å². The zero-order valence-corrected chi connectivity index (χ0v) is 25.4. The highest BCUT2D eigenvalue weighted by molar-refractivity contribution is 5.93. The fourth-order valence-corrected chi connectivity index (χ4v) is 5.90. The van der Waals surface area contributed by atoms with Crippen molar-refractivity contribution >= 4 is 29.7 Å². The minimum atomic E-state index is -1.71. The Balaban J connectivity index is 1.45. The Hall–Kier alpha value is -4.45. The van der Waals surface area contributed by atoms with Crippen molar-refractivity contribution in [2.24, 2.45) is 5.73 Å². The van der Waals surface area contributed by atoms with E-state index in [4.69, 9.17) is 10.5 Å². The molecule has 1 saturated heterocycles. The fourth-order valence-electron chi connectivity index (χ4n) is 5.90. The summed E-state index contributed by atoms with van der Waals surface area (Å²) in [6.45, 7) is 0.233. The van der Waals surface area contributed by atoms with Gasteiger partial charge in [-0.05, 0) is 43.2 Å². The lowest BCUT2D eigenvalue weighted by molar-refractivity contribution is -0.147. The van der Waals surface area contributed by atoms with Crippen LogP contribution in [0.25, 0.3) is 0 Å². The zero-order chi connectivity index (χ0) is 32.2. The second-order valence-corrected chi connectivity index (χ2v) is 11.7. The van der Waals surface area contributed by atoms with E-state index in [9.17, 15) is 29.1 Å². The van der Waals surface area contributed by atoms with Crippen molar-refractivity contribution in [1.29, 1.82) is 0 Å². The molecule has 1 saturated carbocycles. The molecule has 2 fully saturated rings. The highest BCUT2D eigenvalue weighted by Crippen LogP contribution is 2.23. The number of nitrogens with two attached hydrogens (primary N) is 1. The summed E-state index contributed by atoms with van der Waals surface area (Å²) >= 11 is 0. The quantitative estimate of drug-likeness (QED) is 0.226. The maximum Gasteiger partial charge on any atom is 0.408 e. The van der Waals surface area contributed by atoms with Crippen molar-refractivity contribution in [3.05, 3.63) is 71.8 Å². The molecule has 1 aliphatic heterocycles. The van der Waals surface area contributed by atoms with Crippen molar-refractivity contribution in [3.63, 3.8) is 0 Å². The van der Waals surface area contributed by atoms with Crippen LogP contribution in [-0.2, 0) is 36.9 Å². The molecule has 6 N–H and O–H groups in total. The Bertz CT molecular complexity index is 1300. The summed E-state index contributed by atoms with van der Waals surface area (Å²) in [5.74, 6) is -2.59. The molecule has 0 unspecified atom stereocenters. The lowest BCUT2D eigenvalue weighted by Gasteiger charge is -2.32. The summed E-state index contributed by atoms with van der Waals surface area (Å²) < 4.78 is 5.20. The number of carbonyl (C=O) groups excluding carboxylic acids is 5. The largest absolute Gasteiger partial charge is 0.445 e. The summed E-state index contributed by atoms with van der Waals surface area (Å²) in [5.41, 5.74) is 6.82. The van der Waals surface area contributed by atoms with Gasteiger partial charge in [0.25, 0.3) is 5.91 Å². The molecule has 242 valence electrons. The number of nitrogens with zero attached hydrogens (tertiary/aromatic N) is 1. The van der Waals surface area contributed by atoms with Gasteiger partial charge in [-0.3, -0.25) is 19.2 Å². The molecule has 0 spiro atoms. The van der Waals surface area contributed by atoms with Crippen LogP contribution in [0.5, 0.6) is 0 Å². The van der Waals surface area contributed by atoms with Crippen molar-refractivity contribution in [3.8, 4) is 0 Å². The Morgan fingerprint density at radius 2 is 1.51 bits per heavy atom. The van der Waals surface area contributed by atoms with Gasteiger partial charge in [-0.25, -0.2) is 4.79 Å². The maximum absolute atomic E-state index is 13.7. The van der Waals surface area contributed by atoms with Gasteiger partial charge in [0, 0.05) is 12.6 Å². The Labute approximate surface area is 263 Å². The van der Waals surface area contributed by atoms with Crippen LogP contribution in [0.2, 0.25) is 0 Å². The van der Waals surface area contributed by atoms with E-state index in [1.807, 2.05) is 12.1 Å². The predicted octanol–water partition coefficient (Wildman–Crippen LogP) is 1.69. The molecule has 1 heterocycles. The molecular formula is C33H43N5O7. The first-order valence-corrected chi connectivity index (χ1v) is 15.6. The molecule has 12 nitrogen and oxygen atoms in total. The highest BCUT2D eigenvalue weighted by Gasteiger charge is 2.40. The van der Waals surface area contributed by atoms with E-state index >= 15 is 0 Å². The molecule has 0 radical (unpaired) electrons. The van der Waals surface area contributed by atoms with E-state index in [2.05, 4.69) is 16.0 Å². The number of alkyl carbamates (subject to hydrolysis) is 1. The second kappa shape index (κ2) is 16.6. The van der Waals surface area contributed by atoms with Crippen LogP contribution < -0.4 is 21.7 Å². The van der Waals surface area contributed by atoms with Crippen LogP contribution in [0.1, 0.15) is 62.5 Å². The van der Waals surface area contributed by atoms with Crippen molar-refractivity contribution in [2.45, 2.75) is 94.7 Å². The average molecular weight is 622 g/mol. The van der Waals surface area contributed by atoms with Gasteiger partial charge in [-0.2, -0.15) is 0 Å². The van der Waals surface area contributed by atoms with Gasteiger partial charge in [-0.1, -0.05) is 79.9 Å². The van der Waals surface area contributed by atoms with Crippen LogP contribution in [0.15, 0.2) is 60.7 Å². The van der Waals surface area contributed by atoms with E-state index in [1.54, 1.807) is 48.5 Å². The average Bonchev–Trinajstić information content (AvgIpc) is 3.54. The molecular weight excluding hydrogens is 578 g/mol. The van der Waals surface area contributed by atoms with Crippen molar-refractivity contribution in [1.82, 2.24) is 20.9 Å². The van der Waals surface area contributed by atoms with Crippen molar-refractivity contribution in [2.75, 3.05) is 6.54 Å². The molecule has 4 rings (SSSR count). The standard InChI is InChI=1S/C33H43N5O7/c34-28(39)20-26(37-33(44)45-21-23-13-6-2-7-14-23)30(41)36-25(19-22-11-4-1-5-12-22)29(40)32(43)38-18-10-17-27(38)31(42)35-24-15-8-3-9-16-24/h1-2,4-7,11-14,24-27,29,40H,3,8-10,15-21H2,(H2,34,39)(H,35,42)(H,36,41)(H,37,44)/t25-,26-,27-,29-/m0/s1. The lowest BCUT2D eigenvalue weighted by atomic mass is 9.95. The molecule has 45 heavy (non-hydrogen) atoms. The predicted molar refractivity (Wildman–Crippen MR) is 165 cm³/mol. The highest BCUT2D eigenvalue weighted by atomic mass is 16.5. The molecule has 4 atom stereocenters.